The molecule has 22 heavy (non-hydrogen) atoms. The maximum atomic E-state index is 11.6. The van der Waals surface area contributed by atoms with Crippen LogP contribution in [0.5, 0.6) is 0 Å². The van der Waals surface area contributed by atoms with Crippen LogP contribution in [0.1, 0.15) is 6.42 Å². The molecule has 0 fully saturated rings. The van der Waals surface area contributed by atoms with Crippen LogP contribution in [0.15, 0.2) is 34.7 Å². The summed E-state index contributed by atoms with van der Waals surface area (Å²) in [6, 6.07) is 9.78. The molecule has 1 amide bonds. The molecule has 2 rings (SSSR count). The molecule has 0 atom stereocenters. The third-order valence-electron chi connectivity index (χ3n) is 2.61. The molecule has 2 N–H and O–H groups in total. The van der Waals surface area contributed by atoms with Gasteiger partial charge in [0.1, 0.15) is 0 Å². The van der Waals surface area contributed by atoms with Crippen molar-refractivity contribution < 1.29 is 9.53 Å². The molecular weight excluding hydrogens is 320 g/mol. The van der Waals surface area contributed by atoms with Crippen LogP contribution < -0.4 is 10.6 Å². The lowest BCUT2D eigenvalue weighted by atomic mass is 10.3. The van der Waals surface area contributed by atoms with Crippen LogP contribution in [0.2, 0.25) is 0 Å². The molecule has 0 aliphatic carbocycles. The van der Waals surface area contributed by atoms with Crippen molar-refractivity contribution in [3.8, 4) is 0 Å². The van der Waals surface area contributed by atoms with Gasteiger partial charge in [0.05, 0.1) is 5.75 Å². The lowest BCUT2D eigenvalue weighted by Crippen LogP contribution is -2.26. The Labute approximate surface area is 137 Å². The summed E-state index contributed by atoms with van der Waals surface area (Å²) in [6.45, 7) is 1.28. The average Bonchev–Trinajstić information content (AvgIpc) is 2.98. The van der Waals surface area contributed by atoms with Crippen LogP contribution in [0.4, 0.5) is 10.8 Å². The number of thioether (sulfide) groups is 1. The number of benzene rings is 1. The first-order valence-electron chi connectivity index (χ1n) is 6.82. The number of hydrogen-bond acceptors (Lipinski definition) is 7. The topological polar surface area (TPSA) is 76.1 Å². The molecule has 118 valence electrons. The van der Waals surface area contributed by atoms with Crippen molar-refractivity contribution in [2.75, 3.05) is 31.3 Å². The Kier molecular flexibility index (Phi) is 7.14. The highest BCUT2D eigenvalue weighted by atomic mass is 32.2. The molecule has 6 nitrogen and oxygen atoms in total. The van der Waals surface area contributed by atoms with E-state index in [4.69, 9.17) is 4.74 Å². The van der Waals surface area contributed by atoms with Gasteiger partial charge in [0.2, 0.25) is 11.0 Å². The smallest absolute Gasteiger partial charge is 0.230 e. The van der Waals surface area contributed by atoms with Gasteiger partial charge in [0.15, 0.2) is 4.34 Å². The molecule has 0 unspecified atom stereocenters. The number of rotatable bonds is 9. The molecule has 0 radical (unpaired) electrons. The zero-order valence-electron chi connectivity index (χ0n) is 12.2. The van der Waals surface area contributed by atoms with Crippen LogP contribution >= 0.6 is 23.1 Å². The summed E-state index contributed by atoms with van der Waals surface area (Å²) in [6.07, 6.45) is 0.816. The minimum Gasteiger partial charge on any atom is -0.385 e. The molecule has 0 aliphatic heterocycles. The monoisotopic (exact) mass is 338 g/mol. The van der Waals surface area contributed by atoms with E-state index in [2.05, 4.69) is 20.8 Å². The molecule has 1 heterocycles. The predicted molar refractivity (Wildman–Crippen MR) is 89.9 cm³/mol. The number of carbonyl (C=O) groups is 1. The van der Waals surface area contributed by atoms with Gasteiger partial charge in [-0.2, -0.15) is 0 Å². The standard InChI is InChI=1S/C14H18N4O2S2/c1-20-9-5-8-15-12(19)10-21-14-18-17-13(22-14)16-11-6-3-2-4-7-11/h2-4,6-7H,5,8-10H2,1H3,(H,15,19)(H,16,17). The molecule has 1 aromatic carbocycles. The summed E-state index contributed by atoms with van der Waals surface area (Å²) >= 11 is 2.82. The Hall–Kier alpha value is -1.64. The fourth-order valence-corrected chi connectivity index (χ4v) is 3.19. The Morgan fingerprint density at radius 2 is 2.14 bits per heavy atom. The van der Waals surface area contributed by atoms with Gasteiger partial charge in [-0.05, 0) is 18.6 Å². The summed E-state index contributed by atoms with van der Waals surface area (Å²) in [5, 5.41) is 14.9. The van der Waals surface area contributed by atoms with E-state index in [1.807, 2.05) is 30.3 Å². The lowest BCUT2D eigenvalue weighted by Gasteiger charge is -2.03. The number of aromatic nitrogens is 2. The second-order valence-corrected chi connectivity index (χ2v) is 6.55. The summed E-state index contributed by atoms with van der Waals surface area (Å²) in [5.74, 6) is 0.335. The molecule has 0 spiro atoms. The average molecular weight is 338 g/mol. The fourth-order valence-electron chi connectivity index (χ4n) is 1.59. The zero-order chi connectivity index (χ0) is 15.6. The van der Waals surface area contributed by atoms with Gasteiger partial charge in [0.25, 0.3) is 0 Å². The van der Waals surface area contributed by atoms with E-state index in [0.29, 0.717) is 24.0 Å². The van der Waals surface area contributed by atoms with E-state index in [0.717, 1.165) is 16.4 Å². The number of para-hydroxylation sites is 1. The molecule has 0 saturated carbocycles. The van der Waals surface area contributed by atoms with Crippen LogP contribution in [0.3, 0.4) is 0 Å². The van der Waals surface area contributed by atoms with Gasteiger partial charge in [-0.3, -0.25) is 4.79 Å². The maximum Gasteiger partial charge on any atom is 0.230 e. The normalized spacial score (nSPS) is 10.4. The fraction of sp³-hybridized carbons (Fsp3) is 0.357. The number of ether oxygens (including phenoxy) is 1. The molecule has 0 bridgehead atoms. The Balaban J connectivity index is 1.72. The summed E-state index contributed by atoms with van der Waals surface area (Å²) in [4.78, 5) is 11.6. The summed E-state index contributed by atoms with van der Waals surface area (Å²) in [7, 11) is 1.65. The first-order valence-corrected chi connectivity index (χ1v) is 8.62. The van der Waals surface area contributed by atoms with Gasteiger partial charge in [0, 0.05) is 25.9 Å². The van der Waals surface area contributed by atoms with E-state index in [1.165, 1.54) is 23.1 Å². The number of amides is 1. The quantitative estimate of drug-likeness (QED) is 0.540. The van der Waals surface area contributed by atoms with Gasteiger partial charge in [-0.1, -0.05) is 41.3 Å². The molecule has 0 saturated heterocycles. The Bertz CT molecular complexity index is 577. The second kappa shape index (κ2) is 9.39. The second-order valence-electron chi connectivity index (χ2n) is 4.35. The molecule has 8 heteroatoms. The minimum atomic E-state index is -0.00567. The van der Waals surface area contributed by atoms with Crippen molar-refractivity contribution in [1.29, 1.82) is 0 Å². The largest absolute Gasteiger partial charge is 0.385 e. The van der Waals surface area contributed by atoms with Crippen LogP contribution in [-0.4, -0.2) is 42.1 Å². The number of nitrogens with one attached hydrogen (secondary N) is 2. The number of nitrogens with zero attached hydrogens (tertiary/aromatic N) is 2. The van der Waals surface area contributed by atoms with Crippen molar-refractivity contribution in [2.24, 2.45) is 0 Å². The Morgan fingerprint density at radius 1 is 1.32 bits per heavy atom. The highest BCUT2D eigenvalue weighted by molar-refractivity contribution is 8.01. The first-order chi connectivity index (χ1) is 10.8. The van der Waals surface area contributed by atoms with Crippen LogP contribution in [0, 0.1) is 0 Å². The third kappa shape index (κ3) is 6.00. The molecular formula is C14H18N4O2S2. The number of methoxy groups -OCH3 is 1. The Morgan fingerprint density at radius 3 is 2.91 bits per heavy atom. The molecule has 2 aromatic rings. The van der Waals surface area contributed by atoms with E-state index < -0.39 is 0 Å². The van der Waals surface area contributed by atoms with Gasteiger partial charge in [-0.25, -0.2) is 0 Å². The van der Waals surface area contributed by atoms with Crippen molar-refractivity contribution in [2.45, 2.75) is 10.8 Å². The van der Waals surface area contributed by atoms with Crippen LogP contribution in [0.25, 0.3) is 0 Å². The van der Waals surface area contributed by atoms with E-state index >= 15 is 0 Å². The SMILES string of the molecule is COCCCNC(=O)CSc1nnc(Nc2ccccc2)s1. The van der Waals surface area contributed by atoms with Crippen molar-refractivity contribution >= 4 is 39.8 Å². The van der Waals surface area contributed by atoms with E-state index in [-0.39, 0.29) is 5.91 Å². The van der Waals surface area contributed by atoms with Crippen LogP contribution in [-0.2, 0) is 9.53 Å². The first kappa shape index (κ1) is 16.7. The maximum absolute atomic E-state index is 11.6. The van der Waals surface area contributed by atoms with Crippen molar-refractivity contribution in [3.05, 3.63) is 30.3 Å². The van der Waals surface area contributed by atoms with E-state index in [9.17, 15) is 4.79 Å². The van der Waals surface area contributed by atoms with Gasteiger partial charge in [-0.15, -0.1) is 10.2 Å². The predicted octanol–water partition coefficient (Wildman–Crippen LogP) is 2.53. The van der Waals surface area contributed by atoms with Gasteiger partial charge >= 0.3 is 0 Å². The zero-order valence-corrected chi connectivity index (χ0v) is 13.9. The van der Waals surface area contributed by atoms with Crippen molar-refractivity contribution in [1.82, 2.24) is 15.5 Å². The summed E-state index contributed by atoms with van der Waals surface area (Å²) < 4.78 is 5.69. The number of carbonyl (C=O) groups excluding carboxylic acids is 1. The lowest BCUT2D eigenvalue weighted by molar-refractivity contribution is -0.118. The number of hydrogen-bond donors (Lipinski definition) is 2. The molecule has 1 aromatic heterocycles. The minimum absolute atomic E-state index is 0.00567. The third-order valence-corrected chi connectivity index (χ3v) is 4.58. The summed E-state index contributed by atoms with van der Waals surface area (Å²) in [5.41, 5.74) is 0.964. The van der Waals surface area contributed by atoms with E-state index in [1.54, 1.807) is 7.11 Å². The molecule has 0 aliphatic rings. The highest BCUT2D eigenvalue weighted by Crippen LogP contribution is 2.27. The highest BCUT2D eigenvalue weighted by Gasteiger charge is 2.08. The van der Waals surface area contributed by atoms with Crippen molar-refractivity contribution in [3.63, 3.8) is 0 Å². The van der Waals surface area contributed by atoms with Gasteiger partial charge < -0.3 is 15.4 Å². The number of anilines is 2.